The molecule has 5 nitrogen and oxygen atoms in total. The third-order valence-electron chi connectivity index (χ3n) is 4.07. The van der Waals surface area contributed by atoms with Gasteiger partial charge in [-0.25, -0.2) is 4.79 Å². The van der Waals surface area contributed by atoms with Crippen molar-refractivity contribution < 1.29 is 9.53 Å². The first-order valence-corrected chi connectivity index (χ1v) is 10.8. The number of benzene rings is 1. The van der Waals surface area contributed by atoms with Crippen molar-refractivity contribution in [3.63, 3.8) is 0 Å². The second-order valence-electron chi connectivity index (χ2n) is 6.07. The molecule has 9 heteroatoms. The summed E-state index contributed by atoms with van der Waals surface area (Å²) < 4.78 is 7.97. The molecule has 26 heavy (non-hydrogen) atoms. The summed E-state index contributed by atoms with van der Waals surface area (Å²) in [5.74, 6) is 1.09. The number of thiazole rings is 1. The highest BCUT2D eigenvalue weighted by atomic mass is 35.5. The molecule has 0 saturated carbocycles. The summed E-state index contributed by atoms with van der Waals surface area (Å²) in [6.45, 7) is 4.55. The fraction of sp³-hybridized carbons (Fsp3) is 0.529. The van der Waals surface area contributed by atoms with Crippen molar-refractivity contribution in [1.29, 1.82) is 0 Å². The summed E-state index contributed by atoms with van der Waals surface area (Å²) >= 11 is 15.7. The summed E-state index contributed by atoms with van der Waals surface area (Å²) in [6, 6.07) is 5.31. The topological polar surface area (TPSA) is 51.5 Å². The van der Waals surface area contributed by atoms with Crippen LogP contribution in [0.4, 0.5) is 4.79 Å². The molecule has 0 N–H and O–H groups in total. The summed E-state index contributed by atoms with van der Waals surface area (Å²) in [4.78, 5) is 26.1. The number of hydrogen-bond donors (Lipinski definition) is 2. The van der Waals surface area contributed by atoms with Crippen LogP contribution < -0.4 is 4.87 Å². The molecule has 2 unspecified atom stereocenters. The van der Waals surface area contributed by atoms with Gasteiger partial charge in [-0.2, -0.15) is 25.3 Å². The number of aryl methyl sites for hydroxylation is 1. The quantitative estimate of drug-likeness (QED) is 0.484. The molecule has 0 aliphatic rings. The number of fused-ring (bicyclic) bond motifs is 1. The van der Waals surface area contributed by atoms with E-state index in [1.165, 1.54) is 11.3 Å². The van der Waals surface area contributed by atoms with Gasteiger partial charge in [-0.15, -0.1) is 0 Å². The van der Waals surface area contributed by atoms with Gasteiger partial charge in [0.1, 0.15) is 0 Å². The maximum atomic E-state index is 12.4. The Hall–Kier alpha value is -0.830. The molecule has 0 aliphatic heterocycles. The Morgan fingerprint density at radius 1 is 1.31 bits per heavy atom. The minimum absolute atomic E-state index is 0.0392. The van der Waals surface area contributed by atoms with E-state index >= 15 is 0 Å². The third kappa shape index (κ3) is 5.12. The minimum atomic E-state index is -0.376. The van der Waals surface area contributed by atoms with Crippen LogP contribution in [0.2, 0.25) is 5.02 Å². The van der Waals surface area contributed by atoms with Crippen LogP contribution >= 0.6 is 48.2 Å². The van der Waals surface area contributed by atoms with Crippen molar-refractivity contribution in [2.75, 3.05) is 18.1 Å². The number of aromatic nitrogens is 1. The Morgan fingerprint density at radius 3 is 2.58 bits per heavy atom. The van der Waals surface area contributed by atoms with Crippen molar-refractivity contribution >= 4 is 64.5 Å². The van der Waals surface area contributed by atoms with E-state index in [2.05, 4.69) is 25.3 Å². The van der Waals surface area contributed by atoms with Crippen molar-refractivity contribution in [3.05, 3.63) is 32.9 Å². The molecule has 2 atom stereocenters. The summed E-state index contributed by atoms with van der Waals surface area (Å²) in [5.41, 5.74) is 0.813. The smallest absolute Gasteiger partial charge is 0.410 e. The van der Waals surface area contributed by atoms with Gasteiger partial charge < -0.3 is 9.64 Å². The fourth-order valence-electron chi connectivity index (χ4n) is 2.67. The lowest BCUT2D eigenvalue weighted by molar-refractivity contribution is 0.0792. The highest BCUT2D eigenvalue weighted by molar-refractivity contribution is 7.80. The number of halogens is 1. The Kier molecular flexibility index (Phi) is 8.19. The van der Waals surface area contributed by atoms with Gasteiger partial charge in [-0.05, 0) is 38.5 Å². The van der Waals surface area contributed by atoms with E-state index in [1.807, 2.05) is 19.9 Å². The first-order valence-electron chi connectivity index (χ1n) is 8.34. The molecular formula is C17H23ClN2O3S3. The van der Waals surface area contributed by atoms with E-state index < -0.39 is 0 Å². The van der Waals surface area contributed by atoms with Crippen LogP contribution in [-0.2, 0) is 11.3 Å². The van der Waals surface area contributed by atoms with Crippen LogP contribution in [0, 0.1) is 0 Å². The van der Waals surface area contributed by atoms with E-state index in [0.717, 1.165) is 10.2 Å². The minimum Gasteiger partial charge on any atom is -0.449 e. The van der Waals surface area contributed by atoms with Crippen LogP contribution in [0.25, 0.3) is 10.2 Å². The predicted octanol–water partition coefficient (Wildman–Crippen LogP) is 4.18. The van der Waals surface area contributed by atoms with Crippen molar-refractivity contribution in [2.24, 2.45) is 0 Å². The molecule has 0 bridgehead atoms. The highest BCUT2D eigenvalue weighted by Gasteiger charge is 2.25. The number of amides is 1. The number of carbonyl (C=O) groups is 1. The standard InChI is InChI=1S/C17H23ClN2O3S3/c1-11(9-24)20(12(2)10-25)16(21)23-7-3-6-19-14-8-13(18)4-5-15(14)26-17(19)22/h4-5,8,11-12,24-25H,3,6-7,9-10H2,1-2H3. The second kappa shape index (κ2) is 9.92. The molecule has 2 rings (SSSR count). The first-order chi connectivity index (χ1) is 12.4. The number of nitrogens with zero attached hydrogens (tertiary/aromatic N) is 2. The zero-order valence-corrected chi connectivity index (χ0v) is 18.1. The van der Waals surface area contributed by atoms with E-state index in [1.54, 1.807) is 21.6 Å². The van der Waals surface area contributed by atoms with Gasteiger partial charge in [0.25, 0.3) is 0 Å². The number of carbonyl (C=O) groups excluding carboxylic acids is 1. The van der Waals surface area contributed by atoms with Gasteiger partial charge in [-0.1, -0.05) is 22.9 Å². The fourth-order valence-corrected chi connectivity index (χ4v) is 4.09. The summed E-state index contributed by atoms with van der Waals surface area (Å²) in [7, 11) is 0. The van der Waals surface area contributed by atoms with Crippen LogP contribution in [0.1, 0.15) is 20.3 Å². The maximum absolute atomic E-state index is 12.4. The normalized spacial score (nSPS) is 13.6. The Bertz CT molecular complexity index is 798. The largest absolute Gasteiger partial charge is 0.449 e. The van der Waals surface area contributed by atoms with E-state index in [9.17, 15) is 9.59 Å². The van der Waals surface area contributed by atoms with E-state index in [4.69, 9.17) is 16.3 Å². The lowest BCUT2D eigenvalue weighted by Crippen LogP contribution is -2.46. The molecule has 1 amide bonds. The zero-order chi connectivity index (χ0) is 19.3. The molecule has 0 fully saturated rings. The van der Waals surface area contributed by atoms with Gasteiger partial charge in [0.2, 0.25) is 0 Å². The SMILES string of the molecule is CC(CS)N(C(=O)OCCCn1c(=O)sc2ccc(Cl)cc21)C(C)CS. The number of rotatable bonds is 8. The number of ether oxygens (including phenoxy) is 1. The monoisotopic (exact) mass is 434 g/mol. The van der Waals surface area contributed by atoms with Gasteiger partial charge in [-0.3, -0.25) is 9.36 Å². The lowest BCUT2D eigenvalue weighted by atomic mass is 10.2. The van der Waals surface area contributed by atoms with Gasteiger partial charge >= 0.3 is 11.0 Å². The molecule has 1 aromatic heterocycles. The zero-order valence-electron chi connectivity index (χ0n) is 14.7. The average molecular weight is 435 g/mol. The highest BCUT2D eigenvalue weighted by Crippen LogP contribution is 2.21. The van der Waals surface area contributed by atoms with Crippen LogP contribution in [0.15, 0.2) is 23.0 Å². The van der Waals surface area contributed by atoms with E-state index in [0.29, 0.717) is 29.5 Å². The molecule has 0 radical (unpaired) electrons. The second-order valence-corrected chi connectivity index (χ2v) is 8.23. The molecular weight excluding hydrogens is 412 g/mol. The molecule has 1 heterocycles. The average Bonchev–Trinajstić information content (AvgIpc) is 2.93. The van der Waals surface area contributed by atoms with E-state index in [-0.39, 0.29) is 29.7 Å². The molecule has 144 valence electrons. The number of hydrogen-bond acceptors (Lipinski definition) is 6. The van der Waals surface area contributed by atoms with Crippen LogP contribution in [0.3, 0.4) is 0 Å². The molecule has 2 aromatic rings. The lowest BCUT2D eigenvalue weighted by Gasteiger charge is -2.32. The third-order valence-corrected chi connectivity index (χ3v) is 6.32. The number of thiol groups is 2. The Balaban J connectivity index is 1.96. The molecule has 1 aromatic carbocycles. The van der Waals surface area contributed by atoms with Gasteiger partial charge in [0, 0.05) is 35.2 Å². The predicted molar refractivity (Wildman–Crippen MR) is 116 cm³/mol. The molecule has 0 saturated heterocycles. The molecule has 0 spiro atoms. The van der Waals surface area contributed by atoms with Crippen molar-refractivity contribution in [2.45, 2.75) is 38.9 Å². The summed E-state index contributed by atoms with van der Waals surface area (Å²) in [6.07, 6.45) is 0.168. The van der Waals surface area contributed by atoms with Crippen molar-refractivity contribution in [1.82, 2.24) is 9.47 Å². The van der Waals surface area contributed by atoms with Crippen LogP contribution in [0.5, 0.6) is 0 Å². The summed E-state index contributed by atoms with van der Waals surface area (Å²) in [5, 5.41) is 0.590. The van der Waals surface area contributed by atoms with Gasteiger partial charge in [0.05, 0.1) is 16.8 Å². The molecule has 0 aliphatic carbocycles. The first kappa shape index (κ1) is 21.5. The Labute approximate surface area is 173 Å². The Morgan fingerprint density at radius 2 is 1.96 bits per heavy atom. The maximum Gasteiger partial charge on any atom is 0.410 e. The van der Waals surface area contributed by atoms with Crippen molar-refractivity contribution in [3.8, 4) is 0 Å². The van der Waals surface area contributed by atoms with Gasteiger partial charge in [0.15, 0.2) is 0 Å². The van der Waals surface area contributed by atoms with Crippen LogP contribution in [-0.4, -0.2) is 45.8 Å².